The van der Waals surface area contributed by atoms with E-state index < -0.39 is 5.92 Å². The average molecular weight is 268 g/mol. The summed E-state index contributed by atoms with van der Waals surface area (Å²) in [6, 6.07) is 0. The summed E-state index contributed by atoms with van der Waals surface area (Å²) >= 11 is 0. The highest BCUT2D eigenvalue weighted by atomic mass is 16.5. The van der Waals surface area contributed by atoms with Crippen LogP contribution in [0.2, 0.25) is 0 Å². The number of hydrogen-bond donors (Lipinski definition) is 0. The van der Waals surface area contributed by atoms with E-state index in [1.807, 2.05) is 20.8 Å². The summed E-state index contributed by atoms with van der Waals surface area (Å²) in [4.78, 5) is 24.4. The molecule has 3 aliphatic rings. The molecule has 108 valence electrons. The molecule has 4 nitrogen and oxygen atoms in total. The van der Waals surface area contributed by atoms with Crippen molar-refractivity contribution in [1.29, 1.82) is 0 Å². The lowest BCUT2D eigenvalue weighted by molar-refractivity contribution is -0.191. The van der Waals surface area contributed by atoms with Gasteiger partial charge in [0.05, 0.1) is 12.2 Å². The van der Waals surface area contributed by atoms with Crippen LogP contribution in [0.15, 0.2) is 0 Å². The third-order valence-electron chi connectivity index (χ3n) is 4.19. The van der Waals surface area contributed by atoms with Gasteiger partial charge in [-0.15, -0.1) is 0 Å². The molecule has 2 bridgehead atoms. The van der Waals surface area contributed by atoms with Gasteiger partial charge in [-0.25, -0.2) is 0 Å². The van der Waals surface area contributed by atoms with Gasteiger partial charge in [0.1, 0.15) is 12.5 Å². The summed E-state index contributed by atoms with van der Waals surface area (Å²) in [7, 11) is 0. The first-order chi connectivity index (χ1) is 8.77. The van der Waals surface area contributed by atoms with Crippen LogP contribution in [0.3, 0.4) is 0 Å². The molecule has 0 heterocycles. The van der Waals surface area contributed by atoms with Crippen LogP contribution in [0.4, 0.5) is 0 Å². The Balaban J connectivity index is 2.01. The smallest absolute Gasteiger partial charge is 0.317 e. The molecule has 3 saturated carbocycles. The van der Waals surface area contributed by atoms with Gasteiger partial charge < -0.3 is 9.47 Å². The summed E-state index contributed by atoms with van der Waals surface area (Å²) in [5, 5.41) is 0. The minimum atomic E-state index is -0.611. The lowest BCUT2D eigenvalue weighted by atomic mass is 9.40. The van der Waals surface area contributed by atoms with E-state index in [4.69, 9.17) is 9.47 Å². The van der Waals surface area contributed by atoms with Gasteiger partial charge in [0.25, 0.3) is 0 Å². The van der Waals surface area contributed by atoms with E-state index in [1.165, 1.54) is 0 Å². The van der Waals surface area contributed by atoms with Crippen molar-refractivity contribution >= 4 is 11.8 Å². The first-order valence-electron chi connectivity index (χ1n) is 7.11. The zero-order valence-electron chi connectivity index (χ0n) is 12.3. The topological polar surface area (TPSA) is 52.6 Å². The molecule has 0 aromatic heterocycles. The first-order valence-corrected chi connectivity index (χ1v) is 7.11. The zero-order chi connectivity index (χ0) is 14.3. The summed E-state index contributed by atoms with van der Waals surface area (Å²) in [5.41, 5.74) is -0.469. The minimum absolute atomic E-state index is 0.000598. The number of carbonyl (C=O) groups is 2. The molecule has 0 amide bonds. The highest BCUT2D eigenvalue weighted by Crippen LogP contribution is 2.68. The largest absolute Gasteiger partial charge is 0.465 e. The van der Waals surface area contributed by atoms with E-state index in [0.29, 0.717) is 6.61 Å². The lowest BCUT2D eigenvalue weighted by Gasteiger charge is -2.64. The summed E-state index contributed by atoms with van der Waals surface area (Å²) in [6.07, 6.45) is 2.99. The van der Waals surface area contributed by atoms with E-state index in [0.717, 1.165) is 25.2 Å². The molecule has 0 aromatic carbocycles. The van der Waals surface area contributed by atoms with Gasteiger partial charge in [0.15, 0.2) is 5.78 Å². The molecule has 0 aromatic rings. The van der Waals surface area contributed by atoms with E-state index in [-0.39, 0.29) is 29.4 Å². The van der Waals surface area contributed by atoms with Crippen LogP contribution in [0.25, 0.3) is 0 Å². The molecular weight excluding hydrogens is 244 g/mol. The molecule has 0 aliphatic heterocycles. The van der Waals surface area contributed by atoms with Crippen molar-refractivity contribution in [2.45, 2.75) is 52.6 Å². The molecule has 0 N–H and O–H groups in total. The fourth-order valence-corrected chi connectivity index (χ4v) is 3.22. The van der Waals surface area contributed by atoms with E-state index in [9.17, 15) is 9.59 Å². The zero-order valence-corrected chi connectivity index (χ0v) is 12.3. The van der Waals surface area contributed by atoms with E-state index >= 15 is 0 Å². The second kappa shape index (κ2) is 4.89. The molecule has 1 atom stereocenters. The lowest BCUT2D eigenvalue weighted by Crippen LogP contribution is -2.61. The molecule has 1 unspecified atom stereocenters. The van der Waals surface area contributed by atoms with Gasteiger partial charge in [0.2, 0.25) is 0 Å². The maximum absolute atomic E-state index is 12.3. The third-order valence-corrected chi connectivity index (χ3v) is 4.19. The van der Waals surface area contributed by atoms with Gasteiger partial charge in [0, 0.05) is 0 Å². The third kappa shape index (κ3) is 2.83. The van der Waals surface area contributed by atoms with Crippen molar-refractivity contribution in [1.82, 2.24) is 0 Å². The summed E-state index contributed by atoms with van der Waals surface area (Å²) in [5.74, 6) is -0.359. The first kappa shape index (κ1) is 14.5. The Hall–Kier alpha value is -0.900. The average Bonchev–Trinajstić information content (AvgIpc) is 2.16. The molecule has 3 aliphatic carbocycles. The maximum Gasteiger partial charge on any atom is 0.317 e. The Kier molecular flexibility index (Phi) is 3.74. The Labute approximate surface area is 114 Å². The van der Waals surface area contributed by atoms with Gasteiger partial charge in [-0.05, 0) is 58.3 Å². The fraction of sp³-hybridized carbons (Fsp3) is 0.867. The van der Waals surface area contributed by atoms with Crippen molar-refractivity contribution < 1.29 is 19.1 Å². The van der Waals surface area contributed by atoms with Gasteiger partial charge in [-0.3, -0.25) is 9.59 Å². The van der Waals surface area contributed by atoms with E-state index in [2.05, 4.69) is 0 Å². The summed E-state index contributed by atoms with van der Waals surface area (Å²) in [6.45, 7) is 7.80. The number of hydrogen-bond acceptors (Lipinski definition) is 4. The highest BCUT2D eigenvalue weighted by Gasteiger charge is 2.64. The molecule has 0 spiro atoms. The predicted molar refractivity (Wildman–Crippen MR) is 70.6 cm³/mol. The Morgan fingerprint density at radius 3 is 2.21 bits per heavy atom. The Bertz CT molecular complexity index is 363. The monoisotopic (exact) mass is 268 g/mol. The second-order valence-corrected chi connectivity index (χ2v) is 6.89. The predicted octanol–water partition coefficient (Wildman–Crippen LogP) is 2.35. The normalized spacial score (nSPS) is 30.0. The highest BCUT2D eigenvalue weighted by molar-refractivity contribution is 6.01. The number of esters is 1. The quantitative estimate of drug-likeness (QED) is 0.548. The molecule has 3 rings (SSSR count). The Morgan fingerprint density at radius 1 is 1.26 bits per heavy atom. The molecule has 0 radical (unpaired) electrons. The number of Topliss-reactive ketones (excluding diaryl/α,β-unsaturated/α-hetero) is 1. The molecular formula is C15H24O4. The van der Waals surface area contributed by atoms with Gasteiger partial charge in [-0.1, -0.05) is 0 Å². The van der Waals surface area contributed by atoms with Crippen LogP contribution in [0, 0.1) is 17.3 Å². The number of ketones is 1. The van der Waals surface area contributed by atoms with Crippen LogP contribution >= 0.6 is 0 Å². The van der Waals surface area contributed by atoms with Crippen LogP contribution in [0.5, 0.6) is 0 Å². The minimum Gasteiger partial charge on any atom is -0.465 e. The van der Waals surface area contributed by atoms with Crippen molar-refractivity contribution in [3.05, 3.63) is 0 Å². The fourth-order valence-electron chi connectivity index (χ4n) is 3.22. The molecule has 19 heavy (non-hydrogen) atoms. The molecule has 0 saturated heterocycles. The maximum atomic E-state index is 12.3. The summed E-state index contributed by atoms with van der Waals surface area (Å²) < 4.78 is 10.6. The van der Waals surface area contributed by atoms with Crippen LogP contribution < -0.4 is 0 Å². The SMILES string of the molecule is CCOC(=O)C(C(=O)COC(C)(C)C)C12CC(C1)C2. The second-order valence-electron chi connectivity index (χ2n) is 6.89. The van der Waals surface area contributed by atoms with Gasteiger partial charge in [-0.2, -0.15) is 0 Å². The van der Waals surface area contributed by atoms with Crippen LogP contribution in [-0.4, -0.2) is 30.6 Å². The molecule has 4 heteroatoms. The van der Waals surface area contributed by atoms with Gasteiger partial charge >= 0.3 is 5.97 Å². The Morgan fingerprint density at radius 2 is 1.84 bits per heavy atom. The number of rotatable bonds is 6. The standard InChI is InChI=1S/C15H24O4/c1-5-18-13(17)12(15-6-10(7-15)8-15)11(16)9-19-14(2,3)4/h10,12H,5-9H2,1-4H3. The number of ether oxygens (including phenoxy) is 2. The van der Waals surface area contributed by atoms with Crippen molar-refractivity contribution in [3.63, 3.8) is 0 Å². The molecule has 3 fully saturated rings. The van der Waals surface area contributed by atoms with Crippen LogP contribution in [0.1, 0.15) is 47.0 Å². The van der Waals surface area contributed by atoms with Crippen molar-refractivity contribution in [2.24, 2.45) is 17.3 Å². The van der Waals surface area contributed by atoms with Crippen molar-refractivity contribution in [3.8, 4) is 0 Å². The van der Waals surface area contributed by atoms with E-state index in [1.54, 1.807) is 6.92 Å². The van der Waals surface area contributed by atoms with Crippen molar-refractivity contribution in [2.75, 3.05) is 13.2 Å². The number of carbonyl (C=O) groups excluding carboxylic acids is 2. The van der Waals surface area contributed by atoms with Crippen LogP contribution in [-0.2, 0) is 19.1 Å².